The number of carbonyl (C=O) groups is 1. The highest BCUT2D eigenvalue weighted by Gasteiger charge is 2.39. The van der Waals surface area contributed by atoms with Crippen molar-refractivity contribution in [1.82, 2.24) is 9.96 Å². The molecule has 0 aromatic heterocycles. The minimum atomic E-state index is -0.117. The maximum absolute atomic E-state index is 11.6. The SMILES string of the molecule is [B]C1=CC2CN(C1)C(=O)N2OCC=C. The van der Waals surface area contributed by atoms with E-state index in [1.165, 1.54) is 5.06 Å². The molecule has 72 valence electrons. The normalized spacial score (nSPS) is 25.3. The first-order valence-electron chi connectivity index (χ1n) is 4.50. The molecule has 1 atom stereocenters. The fraction of sp³-hybridized carbons (Fsp3) is 0.444. The number of fused-ring (bicyclic) bond motifs is 2. The summed E-state index contributed by atoms with van der Waals surface area (Å²) in [4.78, 5) is 18.6. The average Bonchev–Trinajstić information content (AvgIpc) is 2.37. The number of hydroxylamine groups is 2. The lowest BCUT2D eigenvalue weighted by Gasteiger charge is -2.19. The lowest BCUT2D eigenvalue weighted by molar-refractivity contribution is -0.107. The fourth-order valence-corrected chi connectivity index (χ4v) is 1.72. The van der Waals surface area contributed by atoms with E-state index in [1.807, 2.05) is 6.08 Å². The number of hydrogen-bond acceptors (Lipinski definition) is 2. The van der Waals surface area contributed by atoms with Crippen LogP contribution in [0.4, 0.5) is 4.79 Å². The zero-order valence-corrected chi connectivity index (χ0v) is 7.85. The predicted octanol–water partition coefficient (Wildman–Crippen LogP) is 0.276. The molecule has 2 heterocycles. The monoisotopic (exact) mass is 190 g/mol. The first-order chi connectivity index (χ1) is 6.72. The number of carbonyl (C=O) groups excluding carboxylic acids is 1. The molecule has 4 nitrogen and oxygen atoms in total. The molecule has 2 bridgehead atoms. The summed E-state index contributed by atoms with van der Waals surface area (Å²) in [7, 11) is 5.67. The fourth-order valence-electron chi connectivity index (χ4n) is 1.72. The summed E-state index contributed by atoms with van der Waals surface area (Å²) in [6.07, 6.45) is 3.47. The van der Waals surface area contributed by atoms with Crippen molar-refractivity contribution in [2.75, 3.05) is 19.7 Å². The van der Waals surface area contributed by atoms with Crippen LogP contribution in [0.3, 0.4) is 0 Å². The van der Waals surface area contributed by atoms with Crippen LogP contribution < -0.4 is 0 Å². The van der Waals surface area contributed by atoms with E-state index in [2.05, 4.69) is 6.58 Å². The van der Waals surface area contributed by atoms with Crippen LogP contribution in [0.1, 0.15) is 0 Å². The molecular formula is C9H11BN2O2. The van der Waals surface area contributed by atoms with Crippen LogP contribution in [0.2, 0.25) is 0 Å². The maximum Gasteiger partial charge on any atom is 0.344 e. The van der Waals surface area contributed by atoms with Crippen LogP contribution in [0.15, 0.2) is 24.2 Å². The summed E-state index contributed by atoms with van der Waals surface area (Å²) in [6, 6.07) is -0.162. The molecule has 2 rings (SSSR count). The molecule has 0 N–H and O–H groups in total. The van der Waals surface area contributed by atoms with Crippen molar-refractivity contribution < 1.29 is 9.63 Å². The summed E-state index contributed by atoms with van der Waals surface area (Å²) in [5, 5.41) is 1.36. The van der Waals surface area contributed by atoms with Crippen molar-refractivity contribution in [1.29, 1.82) is 0 Å². The first-order valence-corrected chi connectivity index (χ1v) is 4.50. The van der Waals surface area contributed by atoms with E-state index in [4.69, 9.17) is 12.7 Å². The van der Waals surface area contributed by atoms with Gasteiger partial charge < -0.3 is 4.90 Å². The summed E-state index contributed by atoms with van der Waals surface area (Å²) >= 11 is 0. The summed E-state index contributed by atoms with van der Waals surface area (Å²) in [6.45, 7) is 5.03. The van der Waals surface area contributed by atoms with Gasteiger partial charge in [-0.05, 0) is 0 Å². The number of urea groups is 1. The molecule has 2 aliphatic rings. The Morgan fingerprint density at radius 3 is 3.29 bits per heavy atom. The minimum absolute atomic E-state index is 0.0452. The molecular weight excluding hydrogens is 179 g/mol. The second kappa shape index (κ2) is 3.50. The average molecular weight is 190 g/mol. The van der Waals surface area contributed by atoms with Crippen molar-refractivity contribution in [3.8, 4) is 0 Å². The van der Waals surface area contributed by atoms with E-state index in [1.54, 1.807) is 11.0 Å². The number of nitrogens with zero attached hydrogens (tertiary/aromatic N) is 2. The van der Waals surface area contributed by atoms with Gasteiger partial charge in [-0.2, -0.15) is 5.06 Å². The maximum atomic E-state index is 11.6. The molecule has 0 aromatic rings. The van der Waals surface area contributed by atoms with Crippen LogP contribution in [-0.2, 0) is 4.84 Å². The molecule has 0 spiro atoms. The smallest absolute Gasteiger partial charge is 0.317 e. The topological polar surface area (TPSA) is 32.8 Å². The van der Waals surface area contributed by atoms with Gasteiger partial charge >= 0.3 is 6.03 Å². The van der Waals surface area contributed by atoms with Gasteiger partial charge in [0.1, 0.15) is 7.85 Å². The number of rotatable bonds is 3. The van der Waals surface area contributed by atoms with E-state index < -0.39 is 0 Å². The van der Waals surface area contributed by atoms with Gasteiger partial charge in [0.15, 0.2) is 0 Å². The molecule has 1 unspecified atom stereocenters. The molecule has 1 saturated heterocycles. The van der Waals surface area contributed by atoms with Crippen LogP contribution in [0.25, 0.3) is 0 Å². The van der Waals surface area contributed by atoms with E-state index in [9.17, 15) is 4.79 Å². The molecule has 0 aliphatic carbocycles. The summed E-state index contributed by atoms with van der Waals surface area (Å²) in [5.41, 5.74) is 0.722. The Balaban J connectivity index is 2.11. The Kier molecular flexibility index (Phi) is 2.33. The third-order valence-electron chi connectivity index (χ3n) is 2.28. The van der Waals surface area contributed by atoms with Crippen molar-refractivity contribution in [3.05, 3.63) is 24.2 Å². The molecule has 2 amide bonds. The second-order valence-electron chi connectivity index (χ2n) is 3.38. The Hall–Kier alpha value is -1.23. The molecule has 14 heavy (non-hydrogen) atoms. The van der Waals surface area contributed by atoms with Gasteiger partial charge in [0, 0.05) is 13.1 Å². The third kappa shape index (κ3) is 1.44. The van der Waals surface area contributed by atoms with Gasteiger partial charge in [-0.15, -0.1) is 12.1 Å². The predicted molar refractivity (Wildman–Crippen MR) is 52.6 cm³/mol. The highest BCUT2D eigenvalue weighted by Crippen LogP contribution is 2.23. The van der Waals surface area contributed by atoms with Crippen LogP contribution in [0, 0.1) is 0 Å². The van der Waals surface area contributed by atoms with Crippen LogP contribution in [0.5, 0.6) is 0 Å². The molecule has 5 heteroatoms. The zero-order chi connectivity index (χ0) is 10.1. The molecule has 0 saturated carbocycles. The van der Waals surface area contributed by atoms with Crippen LogP contribution in [-0.4, -0.2) is 49.6 Å². The standard InChI is InChI=1S/C9H11BN2O2/c1-2-3-14-12-8-4-7(10)5-11(6-8)9(12)13/h2,4,8H,1,3,5-6H2. The lowest BCUT2D eigenvalue weighted by atomic mass is 9.91. The van der Waals surface area contributed by atoms with Gasteiger partial charge in [-0.25, -0.2) is 4.79 Å². The second-order valence-corrected chi connectivity index (χ2v) is 3.38. The van der Waals surface area contributed by atoms with E-state index in [0.717, 1.165) is 5.47 Å². The van der Waals surface area contributed by atoms with Gasteiger partial charge in [0.25, 0.3) is 0 Å². The highest BCUT2D eigenvalue weighted by atomic mass is 16.7. The number of hydrogen-bond donors (Lipinski definition) is 0. The molecule has 2 aliphatic heterocycles. The Morgan fingerprint density at radius 2 is 2.57 bits per heavy atom. The molecule has 0 aromatic carbocycles. The zero-order valence-electron chi connectivity index (χ0n) is 7.85. The quantitative estimate of drug-likeness (QED) is 0.472. The third-order valence-corrected chi connectivity index (χ3v) is 2.28. The summed E-state index contributed by atoms with van der Waals surface area (Å²) < 4.78 is 0. The van der Waals surface area contributed by atoms with E-state index >= 15 is 0 Å². The molecule has 1 fully saturated rings. The first kappa shape index (κ1) is 9.33. The van der Waals surface area contributed by atoms with E-state index in [0.29, 0.717) is 19.7 Å². The minimum Gasteiger partial charge on any atom is -0.317 e. The Labute approximate surface area is 84.2 Å². The number of amides is 2. The van der Waals surface area contributed by atoms with Crippen molar-refractivity contribution in [2.45, 2.75) is 6.04 Å². The van der Waals surface area contributed by atoms with E-state index in [-0.39, 0.29) is 12.1 Å². The Morgan fingerprint density at radius 1 is 1.79 bits per heavy atom. The summed E-state index contributed by atoms with van der Waals surface area (Å²) in [5.74, 6) is 0. The van der Waals surface area contributed by atoms with Gasteiger partial charge in [-0.3, -0.25) is 4.84 Å². The Bertz CT molecular complexity index is 303. The van der Waals surface area contributed by atoms with Gasteiger partial charge in [0.05, 0.1) is 12.6 Å². The molecule has 2 radical (unpaired) electrons. The van der Waals surface area contributed by atoms with Crippen LogP contribution >= 0.6 is 0 Å². The van der Waals surface area contributed by atoms with Crippen molar-refractivity contribution in [2.24, 2.45) is 0 Å². The largest absolute Gasteiger partial charge is 0.344 e. The van der Waals surface area contributed by atoms with Crippen molar-refractivity contribution in [3.63, 3.8) is 0 Å². The van der Waals surface area contributed by atoms with Gasteiger partial charge in [-0.1, -0.05) is 12.2 Å². The highest BCUT2D eigenvalue weighted by molar-refractivity contribution is 6.22. The van der Waals surface area contributed by atoms with Crippen molar-refractivity contribution >= 4 is 13.9 Å². The lowest BCUT2D eigenvalue weighted by Crippen LogP contribution is -2.33. The van der Waals surface area contributed by atoms with Gasteiger partial charge in [0.2, 0.25) is 0 Å².